The van der Waals surface area contributed by atoms with Gasteiger partial charge < -0.3 is 9.47 Å². The number of halogens is 1. The Morgan fingerprint density at radius 2 is 1.80 bits per heavy atom. The highest BCUT2D eigenvalue weighted by atomic mass is 35.5. The molecule has 0 aliphatic heterocycles. The Balaban J connectivity index is 2.30. The summed E-state index contributed by atoms with van der Waals surface area (Å²) in [5.41, 5.74) is -0.959. The molecular formula is C10H15ClO4. The van der Waals surface area contributed by atoms with Gasteiger partial charge in [-0.3, -0.25) is 4.79 Å². The van der Waals surface area contributed by atoms with Crippen LogP contribution in [0.4, 0.5) is 4.79 Å². The lowest BCUT2D eigenvalue weighted by Gasteiger charge is -2.21. The molecule has 1 unspecified atom stereocenters. The summed E-state index contributed by atoms with van der Waals surface area (Å²) in [6.45, 7) is 1.47. The van der Waals surface area contributed by atoms with Crippen LogP contribution in [0.15, 0.2) is 0 Å². The van der Waals surface area contributed by atoms with E-state index in [9.17, 15) is 9.59 Å². The van der Waals surface area contributed by atoms with Crippen molar-refractivity contribution in [2.75, 3.05) is 0 Å². The minimum Gasteiger partial charge on any atom is -0.425 e. The Morgan fingerprint density at radius 1 is 1.20 bits per heavy atom. The maximum Gasteiger partial charge on any atom is 0.406 e. The average molecular weight is 235 g/mol. The highest BCUT2D eigenvalue weighted by molar-refractivity contribution is 6.61. The van der Waals surface area contributed by atoms with E-state index >= 15 is 0 Å². The van der Waals surface area contributed by atoms with E-state index in [1.807, 2.05) is 0 Å². The molecule has 0 aromatic heterocycles. The third-order valence-electron chi connectivity index (χ3n) is 2.48. The molecule has 0 bridgehead atoms. The molecule has 0 aromatic carbocycles. The average Bonchev–Trinajstić information content (AvgIpc) is 2.17. The third-order valence-corrected chi connectivity index (χ3v) is 2.57. The SMILES string of the molecule is CC(OC(=O)Cl)OC(=O)C1CCCCC1. The Kier molecular flexibility index (Phi) is 4.88. The first kappa shape index (κ1) is 12.3. The molecule has 1 atom stereocenters. The first-order chi connectivity index (χ1) is 7.09. The minimum absolute atomic E-state index is 0.0461. The second kappa shape index (κ2) is 5.95. The van der Waals surface area contributed by atoms with E-state index in [1.54, 1.807) is 0 Å². The summed E-state index contributed by atoms with van der Waals surface area (Å²) in [6, 6.07) is 0. The smallest absolute Gasteiger partial charge is 0.406 e. The van der Waals surface area contributed by atoms with E-state index in [2.05, 4.69) is 4.74 Å². The van der Waals surface area contributed by atoms with Gasteiger partial charge in [0.15, 0.2) is 0 Å². The van der Waals surface area contributed by atoms with Crippen LogP contribution < -0.4 is 0 Å². The summed E-state index contributed by atoms with van der Waals surface area (Å²) >= 11 is 4.99. The van der Waals surface area contributed by atoms with Gasteiger partial charge in [-0.1, -0.05) is 19.3 Å². The molecule has 15 heavy (non-hydrogen) atoms. The number of carbonyl (C=O) groups is 2. The van der Waals surface area contributed by atoms with Crippen molar-refractivity contribution in [1.82, 2.24) is 0 Å². The molecule has 0 N–H and O–H groups in total. The normalized spacial score (nSPS) is 19.3. The van der Waals surface area contributed by atoms with Crippen molar-refractivity contribution in [3.05, 3.63) is 0 Å². The molecule has 0 aromatic rings. The molecule has 4 nitrogen and oxygen atoms in total. The fraction of sp³-hybridized carbons (Fsp3) is 0.800. The van der Waals surface area contributed by atoms with E-state index in [4.69, 9.17) is 16.3 Å². The third kappa shape index (κ3) is 4.51. The number of carbonyl (C=O) groups excluding carboxylic acids is 2. The zero-order chi connectivity index (χ0) is 11.3. The molecule has 86 valence electrons. The zero-order valence-corrected chi connectivity index (χ0v) is 9.46. The summed E-state index contributed by atoms with van der Waals surface area (Å²) in [4.78, 5) is 21.9. The Labute approximate surface area is 93.9 Å². The van der Waals surface area contributed by atoms with Crippen molar-refractivity contribution in [1.29, 1.82) is 0 Å². The van der Waals surface area contributed by atoms with Gasteiger partial charge in [0.2, 0.25) is 6.29 Å². The standard InChI is InChI=1S/C10H15ClO4/c1-7(15-10(11)13)14-9(12)8-5-3-2-4-6-8/h7-8H,2-6H2,1H3. The number of esters is 1. The highest BCUT2D eigenvalue weighted by Crippen LogP contribution is 2.25. The van der Waals surface area contributed by atoms with Gasteiger partial charge in [-0.25, -0.2) is 4.79 Å². The Hall–Kier alpha value is -0.770. The first-order valence-corrected chi connectivity index (χ1v) is 5.54. The number of rotatable bonds is 3. The molecule has 1 fully saturated rings. The molecule has 1 aliphatic rings. The molecule has 1 rings (SSSR count). The summed E-state index contributed by atoms with van der Waals surface area (Å²) in [5, 5.41) is 0. The lowest BCUT2D eigenvalue weighted by atomic mass is 9.89. The molecule has 0 spiro atoms. The van der Waals surface area contributed by atoms with Crippen LogP contribution in [-0.2, 0) is 14.3 Å². The lowest BCUT2D eigenvalue weighted by molar-refractivity contribution is -0.169. The number of ether oxygens (including phenoxy) is 2. The second-order valence-electron chi connectivity index (χ2n) is 3.69. The largest absolute Gasteiger partial charge is 0.425 e. The van der Waals surface area contributed by atoms with Crippen molar-refractivity contribution in [2.24, 2.45) is 5.92 Å². The van der Waals surface area contributed by atoms with Gasteiger partial charge in [-0.15, -0.1) is 0 Å². The maximum atomic E-state index is 11.5. The predicted octanol–water partition coefficient (Wildman–Crippen LogP) is 2.83. The Bertz CT molecular complexity index is 236. The molecule has 1 saturated carbocycles. The van der Waals surface area contributed by atoms with E-state index in [0.29, 0.717) is 0 Å². The zero-order valence-electron chi connectivity index (χ0n) is 8.70. The molecule has 0 amide bonds. The van der Waals surface area contributed by atoms with E-state index in [-0.39, 0.29) is 11.9 Å². The van der Waals surface area contributed by atoms with Gasteiger partial charge in [0.1, 0.15) is 0 Å². The highest BCUT2D eigenvalue weighted by Gasteiger charge is 2.24. The number of hydrogen-bond donors (Lipinski definition) is 0. The van der Waals surface area contributed by atoms with E-state index in [0.717, 1.165) is 25.7 Å². The van der Waals surface area contributed by atoms with Gasteiger partial charge in [-0.05, 0) is 12.8 Å². The van der Waals surface area contributed by atoms with Crippen LogP contribution in [-0.4, -0.2) is 17.7 Å². The van der Waals surface area contributed by atoms with Crippen LogP contribution in [0.5, 0.6) is 0 Å². The van der Waals surface area contributed by atoms with Crippen LogP contribution in [0, 0.1) is 5.92 Å². The van der Waals surface area contributed by atoms with E-state index in [1.165, 1.54) is 13.3 Å². The topological polar surface area (TPSA) is 52.6 Å². The van der Waals surface area contributed by atoms with Crippen molar-refractivity contribution in [3.8, 4) is 0 Å². The first-order valence-electron chi connectivity index (χ1n) is 5.16. The molecule has 5 heteroatoms. The predicted molar refractivity (Wildman–Crippen MR) is 54.5 cm³/mol. The fourth-order valence-corrected chi connectivity index (χ4v) is 1.88. The molecule has 0 radical (unpaired) electrons. The van der Waals surface area contributed by atoms with Crippen LogP contribution >= 0.6 is 11.6 Å². The van der Waals surface area contributed by atoms with Crippen LogP contribution in [0.2, 0.25) is 0 Å². The monoisotopic (exact) mass is 234 g/mol. The van der Waals surface area contributed by atoms with Crippen molar-refractivity contribution in [3.63, 3.8) is 0 Å². The van der Waals surface area contributed by atoms with Crippen LogP contribution in [0.25, 0.3) is 0 Å². The fourth-order valence-electron chi connectivity index (χ4n) is 1.75. The Morgan fingerprint density at radius 3 is 2.33 bits per heavy atom. The lowest BCUT2D eigenvalue weighted by Crippen LogP contribution is -2.26. The summed E-state index contributed by atoms with van der Waals surface area (Å²) in [5.74, 6) is -0.338. The van der Waals surface area contributed by atoms with Crippen LogP contribution in [0.1, 0.15) is 39.0 Å². The van der Waals surface area contributed by atoms with Crippen LogP contribution in [0.3, 0.4) is 0 Å². The molecular weight excluding hydrogens is 220 g/mol. The van der Waals surface area contributed by atoms with Crippen molar-refractivity contribution >= 4 is 23.0 Å². The van der Waals surface area contributed by atoms with E-state index < -0.39 is 11.7 Å². The van der Waals surface area contributed by atoms with Crippen molar-refractivity contribution in [2.45, 2.75) is 45.3 Å². The minimum atomic E-state index is -0.959. The van der Waals surface area contributed by atoms with Crippen molar-refractivity contribution < 1.29 is 19.1 Å². The second-order valence-corrected chi connectivity index (χ2v) is 4.00. The van der Waals surface area contributed by atoms with Gasteiger partial charge in [0.25, 0.3) is 0 Å². The maximum absolute atomic E-state index is 11.5. The summed E-state index contributed by atoms with van der Waals surface area (Å²) in [7, 11) is 0. The van der Waals surface area contributed by atoms with Gasteiger partial charge in [-0.2, -0.15) is 0 Å². The van der Waals surface area contributed by atoms with Gasteiger partial charge >= 0.3 is 11.4 Å². The quantitative estimate of drug-likeness (QED) is 0.428. The van der Waals surface area contributed by atoms with Gasteiger partial charge in [0, 0.05) is 18.5 Å². The molecule has 0 saturated heterocycles. The molecule has 1 aliphatic carbocycles. The number of hydrogen-bond acceptors (Lipinski definition) is 4. The summed E-state index contributed by atoms with van der Waals surface area (Å²) in [6.07, 6.45) is 4.12. The summed E-state index contributed by atoms with van der Waals surface area (Å²) < 4.78 is 9.43. The molecule has 0 heterocycles. The van der Waals surface area contributed by atoms with Gasteiger partial charge in [0.05, 0.1) is 5.92 Å².